The maximum absolute atomic E-state index is 11.9. The van der Waals surface area contributed by atoms with Crippen molar-refractivity contribution in [3.8, 4) is 0 Å². The van der Waals surface area contributed by atoms with Gasteiger partial charge in [-0.3, -0.25) is 4.79 Å². The van der Waals surface area contributed by atoms with Crippen molar-refractivity contribution in [3.05, 3.63) is 73.3 Å². The average Bonchev–Trinajstić information content (AvgIpc) is 2.46. The largest absolute Gasteiger partial charge is 0.268 e. The van der Waals surface area contributed by atoms with Gasteiger partial charge in [-0.05, 0) is 42.3 Å². The number of hydrogen-bond donors (Lipinski definition) is 0. The van der Waals surface area contributed by atoms with Gasteiger partial charge in [0.15, 0.2) is 0 Å². The predicted octanol–water partition coefficient (Wildman–Crippen LogP) is 3.91. The number of para-hydroxylation sites is 1. The SMILES string of the molecule is C=CC(=O)N(Sc1ccccc1)c1ccccc1. The zero-order valence-electron chi connectivity index (χ0n) is 9.82. The summed E-state index contributed by atoms with van der Waals surface area (Å²) in [5.41, 5.74) is 0.844. The van der Waals surface area contributed by atoms with Crippen LogP contribution in [0.4, 0.5) is 5.69 Å². The number of rotatable bonds is 4. The Morgan fingerprint density at radius 3 is 2.11 bits per heavy atom. The quantitative estimate of drug-likeness (QED) is 0.609. The third-order valence-electron chi connectivity index (χ3n) is 2.31. The van der Waals surface area contributed by atoms with Crippen LogP contribution in [0.25, 0.3) is 0 Å². The summed E-state index contributed by atoms with van der Waals surface area (Å²) in [4.78, 5) is 12.9. The smallest absolute Gasteiger partial charge is 0.260 e. The molecule has 0 aliphatic carbocycles. The van der Waals surface area contributed by atoms with Crippen molar-refractivity contribution in [2.24, 2.45) is 0 Å². The van der Waals surface area contributed by atoms with Crippen LogP contribution in [-0.2, 0) is 4.79 Å². The molecule has 0 bridgehead atoms. The maximum atomic E-state index is 11.9. The summed E-state index contributed by atoms with van der Waals surface area (Å²) in [7, 11) is 0. The highest BCUT2D eigenvalue weighted by molar-refractivity contribution is 8.01. The van der Waals surface area contributed by atoms with Crippen LogP contribution >= 0.6 is 11.9 Å². The molecule has 0 aliphatic rings. The van der Waals surface area contributed by atoms with Gasteiger partial charge >= 0.3 is 0 Å². The number of hydrogen-bond acceptors (Lipinski definition) is 2. The lowest BCUT2D eigenvalue weighted by Gasteiger charge is -2.19. The molecule has 0 N–H and O–H groups in total. The molecule has 0 unspecified atom stereocenters. The minimum absolute atomic E-state index is 0.130. The lowest BCUT2D eigenvalue weighted by molar-refractivity contribution is -0.113. The lowest BCUT2D eigenvalue weighted by Crippen LogP contribution is -2.20. The van der Waals surface area contributed by atoms with E-state index in [2.05, 4.69) is 6.58 Å². The molecule has 0 atom stereocenters. The van der Waals surface area contributed by atoms with Crippen molar-refractivity contribution in [2.45, 2.75) is 4.90 Å². The fraction of sp³-hybridized carbons (Fsp3) is 0. The maximum Gasteiger partial charge on any atom is 0.260 e. The van der Waals surface area contributed by atoms with Gasteiger partial charge in [-0.25, -0.2) is 4.31 Å². The molecule has 2 aromatic rings. The minimum Gasteiger partial charge on any atom is -0.268 e. The van der Waals surface area contributed by atoms with E-state index < -0.39 is 0 Å². The van der Waals surface area contributed by atoms with Gasteiger partial charge in [-0.2, -0.15) is 0 Å². The highest BCUT2D eigenvalue weighted by Gasteiger charge is 2.14. The van der Waals surface area contributed by atoms with E-state index in [-0.39, 0.29) is 5.91 Å². The van der Waals surface area contributed by atoms with Gasteiger partial charge in [0.25, 0.3) is 5.91 Å². The van der Waals surface area contributed by atoms with Crippen molar-refractivity contribution >= 4 is 23.5 Å². The van der Waals surface area contributed by atoms with E-state index in [1.165, 1.54) is 18.0 Å². The van der Waals surface area contributed by atoms with Gasteiger partial charge in [0.1, 0.15) is 0 Å². The van der Waals surface area contributed by atoms with E-state index in [1.54, 1.807) is 4.31 Å². The summed E-state index contributed by atoms with van der Waals surface area (Å²) in [5.74, 6) is -0.130. The fourth-order valence-electron chi connectivity index (χ4n) is 1.46. The summed E-state index contributed by atoms with van der Waals surface area (Å²) in [6.45, 7) is 3.54. The lowest BCUT2D eigenvalue weighted by atomic mass is 10.3. The van der Waals surface area contributed by atoms with E-state index in [4.69, 9.17) is 0 Å². The molecular weight excluding hydrogens is 242 g/mol. The Labute approximate surface area is 111 Å². The number of amides is 1. The standard InChI is InChI=1S/C15H13NOS/c1-2-15(17)16(13-9-5-3-6-10-13)18-14-11-7-4-8-12-14/h2-12H,1H2. The summed E-state index contributed by atoms with van der Waals surface area (Å²) in [6, 6.07) is 19.3. The van der Waals surface area contributed by atoms with Crippen molar-refractivity contribution in [1.82, 2.24) is 0 Å². The van der Waals surface area contributed by atoms with Crippen molar-refractivity contribution in [1.29, 1.82) is 0 Å². The van der Waals surface area contributed by atoms with Gasteiger partial charge in [0.05, 0.1) is 5.69 Å². The monoisotopic (exact) mass is 255 g/mol. The number of nitrogens with zero attached hydrogens (tertiary/aromatic N) is 1. The second-order valence-electron chi connectivity index (χ2n) is 3.58. The molecule has 2 aromatic carbocycles. The summed E-state index contributed by atoms with van der Waals surface area (Å²) in [5, 5.41) is 0. The van der Waals surface area contributed by atoms with Gasteiger partial charge in [-0.1, -0.05) is 43.0 Å². The molecule has 1 amide bonds. The van der Waals surface area contributed by atoms with E-state index >= 15 is 0 Å². The fourth-order valence-corrected chi connectivity index (χ4v) is 2.34. The zero-order valence-corrected chi connectivity index (χ0v) is 10.6. The van der Waals surface area contributed by atoms with Crippen LogP contribution in [0.15, 0.2) is 78.2 Å². The minimum atomic E-state index is -0.130. The molecule has 0 aliphatic heterocycles. The number of carbonyl (C=O) groups is 1. The van der Waals surface area contributed by atoms with Gasteiger partial charge < -0.3 is 0 Å². The average molecular weight is 255 g/mol. The number of carbonyl (C=O) groups excluding carboxylic acids is 1. The molecule has 0 spiro atoms. The second-order valence-corrected chi connectivity index (χ2v) is 4.60. The van der Waals surface area contributed by atoms with Crippen LogP contribution in [0.1, 0.15) is 0 Å². The van der Waals surface area contributed by atoms with Gasteiger partial charge in [-0.15, -0.1) is 0 Å². The Bertz CT molecular complexity index is 525. The molecule has 2 rings (SSSR count). The number of benzene rings is 2. The summed E-state index contributed by atoms with van der Waals surface area (Å²) < 4.78 is 1.63. The molecule has 0 aromatic heterocycles. The Hall–Kier alpha value is -2.00. The predicted molar refractivity (Wildman–Crippen MR) is 76.4 cm³/mol. The summed E-state index contributed by atoms with van der Waals surface area (Å²) in [6.07, 6.45) is 1.32. The Kier molecular flexibility index (Phi) is 4.20. The van der Waals surface area contributed by atoms with E-state index in [0.29, 0.717) is 0 Å². The molecule has 0 saturated heterocycles. The topological polar surface area (TPSA) is 20.3 Å². The van der Waals surface area contributed by atoms with E-state index in [1.807, 2.05) is 60.7 Å². The van der Waals surface area contributed by atoms with Crippen LogP contribution in [0.2, 0.25) is 0 Å². The first-order valence-electron chi connectivity index (χ1n) is 5.56. The second kappa shape index (κ2) is 6.07. The van der Waals surface area contributed by atoms with Crippen LogP contribution in [0, 0.1) is 0 Å². The Morgan fingerprint density at radius 2 is 1.56 bits per heavy atom. The van der Waals surface area contributed by atoms with Crippen molar-refractivity contribution in [3.63, 3.8) is 0 Å². The Balaban J connectivity index is 2.27. The zero-order chi connectivity index (χ0) is 12.8. The van der Waals surface area contributed by atoms with Gasteiger partial charge in [0, 0.05) is 4.90 Å². The van der Waals surface area contributed by atoms with E-state index in [9.17, 15) is 4.79 Å². The third-order valence-corrected chi connectivity index (χ3v) is 3.36. The highest BCUT2D eigenvalue weighted by Crippen LogP contribution is 2.28. The van der Waals surface area contributed by atoms with E-state index in [0.717, 1.165) is 10.6 Å². The van der Waals surface area contributed by atoms with Crippen LogP contribution in [-0.4, -0.2) is 5.91 Å². The van der Waals surface area contributed by atoms with Crippen LogP contribution < -0.4 is 4.31 Å². The molecule has 2 nitrogen and oxygen atoms in total. The number of anilines is 1. The first-order chi connectivity index (χ1) is 8.81. The first-order valence-corrected chi connectivity index (χ1v) is 6.33. The highest BCUT2D eigenvalue weighted by atomic mass is 32.2. The molecule has 90 valence electrons. The Morgan fingerprint density at radius 1 is 1.00 bits per heavy atom. The normalized spacial score (nSPS) is 9.78. The molecule has 0 fully saturated rings. The van der Waals surface area contributed by atoms with Gasteiger partial charge in [0.2, 0.25) is 0 Å². The molecule has 0 saturated carbocycles. The molecular formula is C15H13NOS. The molecule has 0 radical (unpaired) electrons. The van der Waals surface area contributed by atoms with Crippen molar-refractivity contribution < 1.29 is 4.79 Å². The third kappa shape index (κ3) is 3.02. The van der Waals surface area contributed by atoms with Crippen LogP contribution in [0.5, 0.6) is 0 Å². The molecule has 18 heavy (non-hydrogen) atoms. The molecule has 0 heterocycles. The summed E-state index contributed by atoms with van der Waals surface area (Å²) >= 11 is 1.39. The first kappa shape index (κ1) is 12.5. The molecule has 3 heteroatoms. The van der Waals surface area contributed by atoms with Crippen LogP contribution in [0.3, 0.4) is 0 Å². The van der Waals surface area contributed by atoms with Crippen molar-refractivity contribution in [2.75, 3.05) is 4.31 Å².